The maximum atomic E-state index is 13.1. The number of aromatic nitrogens is 4. The third-order valence-corrected chi connectivity index (χ3v) is 4.00. The SMILES string of the molecule is Cn1cnc2c1c(=O)n(CC(=O)Nc1ccc(F)c(Cl)c1)c(=O)n2C. The van der Waals surface area contributed by atoms with Crippen LogP contribution in [0.3, 0.4) is 0 Å². The number of nitrogens with one attached hydrogen (secondary N) is 1. The molecule has 0 unspecified atom stereocenters. The summed E-state index contributed by atoms with van der Waals surface area (Å²) in [5.74, 6) is -1.24. The molecule has 10 heteroatoms. The lowest BCUT2D eigenvalue weighted by atomic mass is 10.3. The van der Waals surface area contributed by atoms with Crippen molar-refractivity contribution in [2.45, 2.75) is 6.54 Å². The fourth-order valence-electron chi connectivity index (χ4n) is 2.45. The Balaban J connectivity index is 1.96. The first-order chi connectivity index (χ1) is 11.8. The molecule has 1 amide bonds. The summed E-state index contributed by atoms with van der Waals surface area (Å²) in [5.41, 5.74) is -0.587. The van der Waals surface area contributed by atoms with Crippen molar-refractivity contribution in [2.24, 2.45) is 14.1 Å². The van der Waals surface area contributed by atoms with Crippen molar-refractivity contribution in [3.05, 3.63) is 56.2 Å². The molecule has 3 rings (SSSR count). The van der Waals surface area contributed by atoms with Gasteiger partial charge in [-0.05, 0) is 18.2 Å². The monoisotopic (exact) mass is 365 g/mol. The first kappa shape index (κ1) is 16.9. The Kier molecular flexibility index (Phi) is 4.17. The van der Waals surface area contributed by atoms with Gasteiger partial charge in [0.2, 0.25) is 5.91 Å². The van der Waals surface area contributed by atoms with Crippen molar-refractivity contribution in [3.63, 3.8) is 0 Å². The fourth-order valence-corrected chi connectivity index (χ4v) is 2.63. The molecule has 3 aromatic rings. The molecule has 0 spiro atoms. The third kappa shape index (κ3) is 2.93. The highest BCUT2D eigenvalue weighted by atomic mass is 35.5. The van der Waals surface area contributed by atoms with Gasteiger partial charge in [0.25, 0.3) is 5.56 Å². The quantitative estimate of drug-likeness (QED) is 0.745. The second kappa shape index (κ2) is 6.17. The van der Waals surface area contributed by atoms with Gasteiger partial charge < -0.3 is 9.88 Å². The van der Waals surface area contributed by atoms with E-state index in [9.17, 15) is 18.8 Å². The van der Waals surface area contributed by atoms with Gasteiger partial charge in [-0.3, -0.25) is 14.2 Å². The summed E-state index contributed by atoms with van der Waals surface area (Å²) in [6.07, 6.45) is 1.41. The number of halogens is 2. The van der Waals surface area contributed by atoms with Gasteiger partial charge in [0.15, 0.2) is 11.2 Å². The predicted octanol–water partition coefficient (Wildman–Crippen LogP) is 0.865. The van der Waals surface area contributed by atoms with Gasteiger partial charge in [-0.2, -0.15) is 0 Å². The van der Waals surface area contributed by atoms with Crippen LogP contribution in [-0.4, -0.2) is 24.6 Å². The predicted molar refractivity (Wildman–Crippen MR) is 90.3 cm³/mol. The van der Waals surface area contributed by atoms with Gasteiger partial charge in [0.05, 0.1) is 11.3 Å². The van der Waals surface area contributed by atoms with Crippen LogP contribution in [0, 0.1) is 5.82 Å². The average molecular weight is 366 g/mol. The summed E-state index contributed by atoms with van der Waals surface area (Å²) < 4.78 is 16.6. The van der Waals surface area contributed by atoms with Crippen molar-refractivity contribution < 1.29 is 9.18 Å². The average Bonchev–Trinajstić information content (AvgIpc) is 2.95. The topological polar surface area (TPSA) is 90.9 Å². The van der Waals surface area contributed by atoms with E-state index in [-0.39, 0.29) is 21.9 Å². The Morgan fingerprint density at radius 3 is 2.72 bits per heavy atom. The fraction of sp³-hybridized carbons (Fsp3) is 0.200. The highest BCUT2D eigenvalue weighted by molar-refractivity contribution is 6.31. The van der Waals surface area contributed by atoms with E-state index in [0.717, 1.165) is 10.6 Å². The molecule has 1 aromatic carbocycles. The van der Waals surface area contributed by atoms with E-state index in [0.29, 0.717) is 0 Å². The van der Waals surface area contributed by atoms with E-state index in [1.54, 1.807) is 7.05 Å². The van der Waals surface area contributed by atoms with Crippen LogP contribution >= 0.6 is 11.6 Å². The Morgan fingerprint density at radius 1 is 1.32 bits per heavy atom. The highest BCUT2D eigenvalue weighted by Crippen LogP contribution is 2.19. The van der Waals surface area contributed by atoms with E-state index in [1.165, 1.54) is 34.6 Å². The van der Waals surface area contributed by atoms with Crippen LogP contribution in [0.15, 0.2) is 34.1 Å². The zero-order valence-corrected chi connectivity index (χ0v) is 14.0. The Hall–Kier alpha value is -2.94. The van der Waals surface area contributed by atoms with Crippen molar-refractivity contribution in [1.82, 2.24) is 18.7 Å². The molecular weight excluding hydrogens is 353 g/mol. The zero-order chi connectivity index (χ0) is 18.3. The van der Waals surface area contributed by atoms with E-state index in [1.807, 2.05) is 0 Å². The summed E-state index contributed by atoms with van der Waals surface area (Å²) in [7, 11) is 3.08. The normalized spacial score (nSPS) is 11.0. The van der Waals surface area contributed by atoms with Crippen LogP contribution in [0.2, 0.25) is 5.02 Å². The van der Waals surface area contributed by atoms with E-state index in [4.69, 9.17) is 11.6 Å². The van der Waals surface area contributed by atoms with Crippen LogP contribution in [0.1, 0.15) is 0 Å². The number of hydrogen-bond acceptors (Lipinski definition) is 4. The minimum absolute atomic E-state index is 0.151. The standard InChI is InChI=1S/C15H13ClFN5O3/c1-20-7-18-13-12(20)14(24)22(15(25)21(13)2)6-11(23)19-8-3-4-10(17)9(16)5-8/h3-5,7H,6H2,1-2H3,(H,19,23). The van der Waals surface area contributed by atoms with Gasteiger partial charge in [-0.25, -0.2) is 18.7 Å². The van der Waals surface area contributed by atoms with Gasteiger partial charge in [0, 0.05) is 19.8 Å². The minimum atomic E-state index is -0.663. The molecular formula is C15H13ClFN5O3. The Bertz CT molecular complexity index is 1110. The van der Waals surface area contributed by atoms with Crippen LogP contribution < -0.4 is 16.6 Å². The van der Waals surface area contributed by atoms with Crippen molar-refractivity contribution in [2.75, 3.05) is 5.32 Å². The first-order valence-corrected chi connectivity index (χ1v) is 7.53. The molecule has 0 fully saturated rings. The molecule has 0 bridgehead atoms. The van der Waals surface area contributed by atoms with Crippen molar-refractivity contribution in [3.8, 4) is 0 Å². The maximum Gasteiger partial charge on any atom is 0.332 e. The molecule has 1 N–H and O–H groups in total. The third-order valence-electron chi connectivity index (χ3n) is 3.71. The summed E-state index contributed by atoms with van der Waals surface area (Å²) in [6.45, 7) is -0.498. The number of carbonyl (C=O) groups is 1. The number of hydrogen-bond donors (Lipinski definition) is 1. The summed E-state index contributed by atoms with van der Waals surface area (Å²) >= 11 is 5.65. The lowest BCUT2D eigenvalue weighted by Gasteiger charge is -2.09. The molecule has 0 aliphatic heterocycles. The van der Waals surface area contributed by atoms with Gasteiger partial charge in [-0.15, -0.1) is 0 Å². The molecule has 130 valence electrons. The minimum Gasteiger partial charge on any atom is -0.328 e. The van der Waals surface area contributed by atoms with Crippen molar-refractivity contribution >= 4 is 34.4 Å². The lowest BCUT2D eigenvalue weighted by molar-refractivity contribution is -0.116. The van der Waals surface area contributed by atoms with Crippen LogP contribution in [-0.2, 0) is 25.4 Å². The summed E-state index contributed by atoms with van der Waals surface area (Å²) in [4.78, 5) is 41.0. The second-order valence-corrected chi connectivity index (χ2v) is 5.84. The van der Waals surface area contributed by atoms with E-state index in [2.05, 4.69) is 10.3 Å². The van der Waals surface area contributed by atoms with Crippen LogP contribution in [0.25, 0.3) is 11.2 Å². The number of imidazole rings is 1. The van der Waals surface area contributed by atoms with Gasteiger partial charge in [0.1, 0.15) is 12.4 Å². The zero-order valence-electron chi connectivity index (χ0n) is 13.3. The summed E-state index contributed by atoms with van der Waals surface area (Å²) in [6, 6.07) is 3.66. The van der Waals surface area contributed by atoms with Crippen LogP contribution in [0.4, 0.5) is 10.1 Å². The highest BCUT2D eigenvalue weighted by Gasteiger charge is 2.17. The van der Waals surface area contributed by atoms with E-state index < -0.39 is 29.5 Å². The molecule has 0 saturated heterocycles. The number of amides is 1. The Morgan fingerprint density at radius 2 is 2.04 bits per heavy atom. The molecule has 0 radical (unpaired) electrons. The molecule has 0 atom stereocenters. The molecule has 8 nitrogen and oxygen atoms in total. The number of anilines is 1. The molecule has 0 aliphatic rings. The second-order valence-electron chi connectivity index (χ2n) is 5.44. The maximum absolute atomic E-state index is 13.1. The van der Waals surface area contributed by atoms with Gasteiger partial charge in [-0.1, -0.05) is 11.6 Å². The van der Waals surface area contributed by atoms with Crippen molar-refractivity contribution in [1.29, 1.82) is 0 Å². The van der Waals surface area contributed by atoms with Crippen LogP contribution in [0.5, 0.6) is 0 Å². The molecule has 2 aromatic heterocycles. The number of carbonyl (C=O) groups excluding carboxylic acids is 1. The molecule has 25 heavy (non-hydrogen) atoms. The lowest BCUT2D eigenvalue weighted by Crippen LogP contribution is -2.42. The van der Waals surface area contributed by atoms with E-state index >= 15 is 0 Å². The number of aryl methyl sites for hydroxylation is 2. The molecule has 0 aliphatic carbocycles. The van der Waals surface area contributed by atoms with Gasteiger partial charge >= 0.3 is 5.69 Å². The smallest absolute Gasteiger partial charge is 0.328 e. The first-order valence-electron chi connectivity index (χ1n) is 7.15. The number of benzene rings is 1. The summed E-state index contributed by atoms with van der Waals surface area (Å²) in [5, 5.41) is 2.32. The Labute approximate surface area is 145 Å². The molecule has 2 heterocycles. The number of fused-ring (bicyclic) bond motifs is 1. The number of nitrogens with zero attached hydrogens (tertiary/aromatic N) is 4. The number of rotatable bonds is 3. The molecule has 0 saturated carbocycles. The largest absolute Gasteiger partial charge is 0.332 e.